The van der Waals surface area contributed by atoms with Gasteiger partial charge in [-0.15, -0.1) is 0 Å². The van der Waals surface area contributed by atoms with Gasteiger partial charge >= 0.3 is 0 Å². The van der Waals surface area contributed by atoms with E-state index < -0.39 is 0 Å². The number of aromatic nitrogens is 4. The molecule has 8 nitrogen and oxygen atoms in total. The third-order valence-corrected chi connectivity index (χ3v) is 6.10. The average Bonchev–Trinajstić information content (AvgIpc) is 3.26. The Balaban J connectivity index is 1.43. The molecule has 0 aliphatic carbocycles. The molecule has 4 aromatic rings. The largest absolute Gasteiger partial charge is 0.354 e. The van der Waals surface area contributed by atoms with Gasteiger partial charge in [-0.3, -0.25) is 14.6 Å². The Bertz CT molecular complexity index is 1390. The van der Waals surface area contributed by atoms with E-state index in [1.807, 2.05) is 36.9 Å². The van der Waals surface area contributed by atoms with Crippen LogP contribution in [0.4, 0.5) is 0 Å². The van der Waals surface area contributed by atoms with Gasteiger partial charge in [0.25, 0.3) is 11.8 Å². The Kier molecular flexibility index (Phi) is 5.12. The second kappa shape index (κ2) is 8.12. The first-order chi connectivity index (χ1) is 16.0. The van der Waals surface area contributed by atoms with Crippen LogP contribution in [0.3, 0.4) is 0 Å². The first-order valence-corrected chi connectivity index (χ1v) is 10.9. The van der Waals surface area contributed by atoms with Crippen molar-refractivity contribution in [3.63, 3.8) is 0 Å². The highest BCUT2D eigenvalue weighted by Gasteiger charge is 2.26. The molecule has 0 fully saturated rings. The normalized spacial score (nSPS) is 13.1. The summed E-state index contributed by atoms with van der Waals surface area (Å²) < 4.78 is 1.71. The lowest BCUT2D eigenvalue weighted by atomic mass is 9.91. The summed E-state index contributed by atoms with van der Waals surface area (Å²) >= 11 is 0. The SMILES string of the molecule is CNC(=O)c1ccc(-c2cccc3c2CCN(C(=O)c2cnn4c(C)cc(C)nc24)C3)cn1. The Morgan fingerprint density at radius 2 is 1.94 bits per heavy atom. The number of fused-ring (bicyclic) bond motifs is 2. The minimum absolute atomic E-state index is 0.0600. The molecule has 2 amide bonds. The lowest BCUT2D eigenvalue weighted by Gasteiger charge is -2.30. The number of nitrogens with one attached hydrogen (secondary N) is 1. The van der Waals surface area contributed by atoms with Crippen molar-refractivity contribution in [2.75, 3.05) is 13.6 Å². The third kappa shape index (κ3) is 3.63. The van der Waals surface area contributed by atoms with Crippen LogP contribution in [0.2, 0.25) is 0 Å². The van der Waals surface area contributed by atoms with Crippen LogP contribution in [0, 0.1) is 13.8 Å². The van der Waals surface area contributed by atoms with E-state index in [-0.39, 0.29) is 11.8 Å². The number of benzene rings is 1. The number of rotatable bonds is 3. The van der Waals surface area contributed by atoms with Crippen LogP contribution in [-0.4, -0.2) is 49.9 Å². The number of pyridine rings is 1. The topological polar surface area (TPSA) is 92.5 Å². The van der Waals surface area contributed by atoms with Crippen LogP contribution in [0.1, 0.15) is 43.4 Å². The number of carbonyl (C=O) groups is 2. The van der Waals surface area contributed by atoms with Crippen molar-refractivity contribution in [2.24, 2.45) is 0 Å². The highest BCUT2D eigenvalue weighted by molar-refractivity contribution is 6.00. The van der Waals surface area contributed by atoms with Gasteiger partial charge in [0.05, 0.1) is 6.20 Å². The predicted octanol–water partition coefficient (Wildman–Crippen LogP) is 2.97. The van der Waals surface area contributed by atoms with Crippen LogP contribution in [-0.2, 0) is 13.0 Å². The number of carbonyl (C=O) groups excluding carboxylic acids is 2. The molecule has 5 rings (SSSR count). The average molecular weight is 441 g/mol. The third-order valence-electron chi connectivity index (χ3n) is 6.10. The Hall–Kier alpha value is -4.07. The molecule has 3 aromatic heterocycles. The summed E-state index contributed by atoms with van der Waals surface area (Å²) in [4.78, 5) is 35.9. The van der Waals surface area contributed by atoms with E-state index in [9.17, 15) is 9.59 Å². The minimum Gasteiger partial charge on any atom is -0.354 e. The van der Waals surface area contributed by atoms with E-state index in [4.69, 9.17) is 0 Å². The van der Waals surface area contributed by atoms with Gasteiger partial charge in [-0.2, -0.15) is 5.10 Å². The van der Waals surface area contributed by atoms with Gasteiger partial charge in [0.1, 0.15) is 11.3 Å². The van der Waals surface area contributed by atoms with E-state index in [2.05, 4.69) is 32.5 Å². The summed E-state index contributed by atoms with van der Waals surface area (Å²) in [6.45, 7) is 5.00. The van der Waals surface area contributed by atoms with Crippen LogP contribution in [0.25, 0.3) is 16.8 Å². The Labute approximate surface area is 191 Å². The van der Waals surface area contributed by atoms with Crippen LogP contribution in [0.5, 0.6) is 0 Å². The molecule has 0 atom stereocenters. The Morgan fingerprint density at radius 1 is 1.09 bits per heavy atom. The van der Waals surface area contributed by atoms with E-state index >= 15 is 0 Å². The van der Waals surface area contributed by atoms with Crippen molar-refractivity contribution in [1.29, 1.82) is 0 Å². The summed E-state index contributed by atoms with van der Waals surface area (Å²) in [5, 5.41) is 6.96. The maximum absolute atomic E-state index is 13.4. The van der Waals surface area contributed by atoms with Gasteiger partial charge in [0.2, 0.25) is 0 Å². The zero-order chi connectivity index (χ0) is 23.1. The fourth-order valence-corrected chi connectivity index (χ4v) is 4.46. The number of hydrogen-bond donors (Lipinski definition) is 1. The molecular formula is C25H24N6O2. The zero-order valence-electron chi connectivity index (χ0n) is 18.8. The summed E-state index contributed by atoms with van der Waals surface area (Å²) in [7, 11) is 1.59. The minimum atomic E-state index is -0.210. The molecule has 1 aromatic carbocycles. The maximum atomic E-state index is 13.4. The molecule has 1 aliphatic rings. The summed E-state index contributed by atoms with van der Waals surface area (Å²) in [6, 6.07) is 11.7. The van der Waals surface area contributed by atoms with Gasteiger partial charge in [-0.25, -0.2) is 9.50 Å². The van der Waals surface area contributed by atoms with Gasteiger partial charge in [0, 0.05) is 43.3 Å². The molecule has 0 saturated heterocycles. The van der Waals surface area contributed by atoms with Gasteiger partial charge in [0.15, 0.2) is 5.65 Å². The van der Waals surface area contributed by atoms with Gasteiger partial charge < -0.3 is 10.2 Å². The number of amides is 2. The highest BCUT2D eigenvalue weighted by atomic mass is 16.2. The molecular weight excluding hydrogens is 416 g/mol. The highest BCUT2D eigenvalue weighted by Crippen LogP contribution is 2.31. The lowest BCUT2D eigenvalue weighted by Crippen LogP contribution is -2.36. The van der Waals surface area contributed by atoms with E-state index in [1.165, 1.54) is 5.56 Å². The molecule has 0 saturated carbocycles. The van der Waals surface area contributed by atoms with Crippen molar-refractivity contribution in [1.82, 2.24) is 29.8 Å². The number of nitrogens with zero attached hydrogens (tertiary/aromatic N) is 5. The standard InChI is InChI=1S/C25H24N6O2/c1-15-11-16(2)31-23(29-15)21(13-28-31)25(33)30-10-9-20-18(14-30)5-4-6-19(20)17-7-8-22(27-12-17)24(32)26-3/h4-8,11-13H,9-10,14H2,1-3H3,(H,26,32). The molecule has 4 heterocycles. The van der Waals surface area contributed by atoms with Gasteiger partial charge in [-0.05, 0) is 49.1 Å². The van der Waals surface area contributed by atoms with Gasteiger partial charge in [-0.1, -0.05) is 24.3 Å². The summed E-state index contributed by atoms with van der Waals surface area (Å²) in [6.07, 6.45) is 4.08. The molecule has 0 unspecified atom stereocenters. The first kappa shape index (κ1) is 20.8. The second-order valence-electron chi connectivity index (χ2n) is 8.26. The van der Waals surface area contributed by atoms with Crippen molar-refractivity contribution in [3.05, 3.63) is 82.6 Å². The first-order valence-electron chi connectivity index (χ1n) is 10.9. The monoisotopic (exact) mass is 440 g/mol. The molecule has 0 bridgehead atoms. The predicted molar refractivity (Wildman–Crippen MR) is 124 cm³/mol. The lowest BCUT2D eigenvalue weighted by molar-refractivity contribution is 0.0736. The van der Waals surface area contributed by atoms with E-state index in [0.29, 0.717) is 30.0 Å². The number of aryl methyl sites for hydroxylation is 2. The molecule has 0 spiro atoms. The van der Waals surface area contributed by atoms with Crippen LogP contribution < -0.4 is 5.32 Å². The molecule has 0 radical (unpaired) electrons. The smallest absolute Gasteiger partial charge is 0.269 e. The summed E-state index contributed by atoms with van der Waals surface area (Å²) in [5.74, 6) is -0.270. The molecule has 1 N–H and O–H groups in total. The van der Waals surface area contributed by atoms with E-state index in [0.717, 1.165) is 34.5 Å². The Morgan fingerprint density at radius 3 is 2.70 bits per heavy atom. The van der Waals surface area contributed by atoms with Crippen LogP contribution in [0.15, 0.2) is 48.8 Å². The fourth-order valence-electron chi connectivity index (χ4n) is 4.46. The second-order valence-corrected chi connectivity index (χ2v) is 8.26. The quantitative estimate of drug-likeness (QED) is 0.529. The van der Waals surface area contributed by atoms with E-state index in [1.54, 1.807) is 30.0 Å². The number of hydrogen-bond acceptors (Lipinski definition) is 5. The molecule has 1 aliphatic heterocycles. The van der Waals surface area contributed by atoms with Crippen molar-refractivity contribution in [2.45, 2.75) is 26.8 Å². The molecule has 166 valence electrons. The molecule has 33 heavy (non-hydrogen) atoms. The van der Waals surface area contributed by atoms with Crippen molar-refractivity contribution in [3.8, 4) is 11.1 Å². The van der Waals surface area contributed by atoms with Crippen molar-refractivity contribution < 1.29 is 9.59 Å². The summed E-state index contributed by atoms with van der Waals surface area (Å²) in [5.41, 5.74) is 7.67. The zero-order valence-corrected chi connectivity index (χ0v) is 18.8. The fraction of sp³-hybridized carbons (Fsp3) is 0.240. The maximum Gasteiger partial charge on any atom is 0.269 e. The molecule has 8 heteroatoms. The van der Waals surface area contributed by atoms with Crippen molar-refractivity contribution >= 4 is 17.5 Å². The van der Waals surface area contributed by atoms with Crippen LogP contribution >= 0.6 is 0 Å².